The minimum absolute atomic E-state index is 0.195. The third-order valence-corrected chi connectivity index (χ3v) is 3.67. The molecule has 116 valence electrons. The van der Waals surface area contributed by atoms with E-state index in [2.05, 4.69) is 4.98 Å². The third-order valence-electron chi connectivity index (χ3n) is 3.67. The Morgan fingerprint density at radius 1 is 1.13 bits per heavy atom. The Morgan fingerprint density at radius 2 is 1.87 bits per heavy atom. The van der Waals surface area contributed by atoms with E-state index in [0.29, 0.717) is 18.4 Å². The standard InChI is InChI=1S/C17H14N2O4/c20-13-7-6-12-10-18-14(17(22)23)16(21)15(12)19(13)9-8-11-4-2-1-3-5-11/h1-7,10,21H,8-9H2,(H,22,23). The van der Waals surface area contributed by atoms with Crippen molar-refractivity contribution in [3.8, 4) is 5.75 Å². The first-order valence-electron chi connectivity index (χ1n) is 7.06. The van der Waals surface area contributed by atoms with Crippen molar-refractivity contribution in [1.29, 1.82) is 0 Å². The fourth-order valence-corrected chi connectivity index (χ4v) is 2.54. The van der Waals surface area contributed by atoms with E-state index >= 15 is 0 Å². The Labute approximate surface area is 131 Å². The molecule has 0 aliphatic heterocycles. The normalized spacial score (nSPS) is 10.8. The molecule has 6 nitrogen and oxygen atoms in total. The van der Waals surface area contributed by atoms with Crippen LogP contribution in [0.1, 0.15) is 16.1 Å². The predicted molar refractivity (Wildman–Crippen MR) is 84.8 cm³/mol. The fraction of sp³-hybridized carbons (Fsp3) is 0.118. The number of benzene rings is 1. The number of aromatic carboxylic acids is 1. The van der Waals surface area contributed by atoms with Crippen molar-refractivity contribution in [1.82, 2.24) is 9.55 Å². The van der Waals surface area contributed by atoms with E-state index in [-0.39, 0.29) is 11.1 Å². The average molecular weight is 310 g/mol. The highest BCUT2D eigenvalue weighted by Gasteiger charge is 2.17. The maximum Gasteiger partial charge on any atom is 0.358 e. The molecule has 6 heteroatoms. The molecule has 0 aliphatic carbocycles. The predicted octanol–water partition coefficient (Wildman–Crippen LogP) is 2.04. The minimum Gasteiger partial charge on any atom is -0.504 e. The molecule has 0 atom stereocenters. The molecule has 0 unspecified atom stereocenters. The van der Waals surface area contributed by atoms with Crippen LogP contribution in [0.15, 0.2) is 53.5 Å². The smallest absolute Gasteiger partial charge is 0.358 e. The Kier molecular flexibility index (Phi) is 3.80. The monoisotopic (exact) mass is 310 g/mol. The van der Waals surface area contributed by atoms with Crippen LogP contribution in [0.4, 0.5) is 0 Å². The highest BCUT2D eigenvalue weighted by Crippen LogP contribution is 2.26. The van der Waals surface area contributed by atoms with Crippen LogP contribution in [-0.4, -0.2) is 25.7 Å². The molecule has 3 rings (SSSR count). The number of aromatic nitrogens is 2. The molecular weight excluding hydrogens is 296 g/mol. The zero-order valence-electron chi connectivity index (χ0n) is 12.1. The van der Waals surface area contributed by atoms with E-state index in [1.165, 1.54) is 22.9 Å². The van der Waals surface area contributed by atoms with E-state index in [1.54, 1.807) is 0 Å². The van der Waals surface area contributed by atoms with Gasteiger partial charge in [0.1, 0.15) is 0 Å². The van der Waals surface area contributed by atoms with Gasteiger partial charge >= 0.3 is 5.97 Å². The van der Waals surface area contributed by atoms with Crippen LogP contribution in [0.25, 0.3) is 10.9 Å². The summed E-state index contributed by atoms with van der Waals surface area (Å²) in [6.45, 7) is 0.330. The summed E-state index contributed by atoms with van der Waals surface area (Å²) in [7, 11) is 0. The fourth-order valence-electron chi connectivity index (χ4n) is 2.54. The van der Waals surface area contributed by atoms with Gasteiger partial charge in [-0.1, -0.05) is 30.3 Å². The summed E-state index contributed by atoms with van der Waals surface area (Å²) in [5.74, 6) is -1.82. The van der Waals surface area contributed by atoms with Gasteiger partial charge < -0.3 is 14.8 Å². The molecule has 0 fully saturated rings. The number of hydrogen-bond donors (Lipinski definition) is 2. The molecule has 0 bridgehead atoms. The van der Waals surface area contributed by atoms with Gasteiger partial charge in [-0.3, -0.25) is 4.79 Å². The number of nitrogens with zero attached hydrogens (tertiary/aromatic N) is 2. The SMILES string of the molecule is O=C(O)c1ncc2ccc(=O)n(CCc3ccccc3)c2c1O. The Morgan fingerprint density at radius 3 is 2.57 bits per heavy atom. The van der Waals surface area contributed by atoms with Gasteiger partial charge in [-0.2, -0.15) is 0 Å². The number of aryl methyl sites for hydroxylation is 2. The topological polar surface area (TPSA) is 92.4 Å². The van der Waals surface area contributed by atoms with Crippen molar-refractivity contribution in [3.05, 3.63) is 70.3 Å². The number of rotatable bonds is 4. The minimum atomic E-state index is -1.34. The lowest BCUT2D eigenvalue weighted by Crippen LogP contribution is -2.21. The van der Waals surface area contributed by atoms with Crippen LogP contribution in [0.3, 0.4) is 0 Å². The van der Waals surface area contributed by atoms with E-state index < -0.39 is 17.4 Å². The Bertz CT molecular complexity index is 932. The lowest BCUT2D eigenvalue weighted by atomic mass is 10.1. The summed E-state index contributed by atoms with van der Waals surface area (Å²) in [5.41, 5.74) is 0.479. The van der Waals surface area contributed by atoms with Crippen molar-refractivity contribution in [2.45, 2.75) is 13.0 Å². The van der Waals surface area contributed by atoms with E-state index in [1.807, 2.05) is 30.3 Å². The first kappa shape index (κ1) is 14.8. The number of hydrogen-bond acceptors (Lipinski definition) is 4. The van der Waals surface area contributed by atoms with Crippen molar-refractivity contribution < 1.29 is 15.0 Å². The molecule has 0 saturated carbocycles. The molecule has 1 aromatic carbocycles. The summed E-state index contributed by atoms with van der Waals surface area (Å²) >= 11 is 0. The maximum absolute atomic E-state index is 12.2. The van der Waals surface area contributed by atoms with Crippen LogP contribution >= 0.6 is 0 Å². The van der Waals surface area contributed by atoms with E-state index in [0.717, 1.165) is 5.56 Å². The van der Waals surface area contributed by atoms with E-state index in [9.17, 15) is 14.7 Å². The van der Waals surface area contributed by atoms with Crippen molar-refractivity contribution in [2.75, 3.05) is 0 Å². The van der Waals surface area contributed by atoms with Gasteiger partial charge in [0.15, 0.2) is 11.4 Å². The van der Waals surface area contributed by atoms with Gasteiger partial charge in [0.2, 0.25) is 0 Å². The number of carboxylic acids is 1. The third kappa shape index (κ3) is 2.78. The molecule has 0 aliphatic rings. The zero-order valence-corrected chi connectivity index (χ0v) is 12.1. The lowest BCUT2D eigenvalue weighted by Gasteiger charge is -2.12. The summed E-state index contributed by atoms with van der Waals surface area (Å²) < 4.78 is 1.38. The van der Waals surface area contributed by atoms with Crippen LogP contribution in [0.2, 0.25) is 0 Å². The molecule has 0 saturated heterocycles. The molecule has 0 amide bonds. The largest absolute Gasteiger partial charge is 0.504 e. The highest BCUT2D eigenvalue weighted by molar-refractivity contribution is 5.96. The van der Waals surface area contributed by atoms with Gasteiger partial charge in [0.25, 0.3) is 5.56 Å². The second kappa shape index (κ2) is 5.92. The van der Waals surface area contributed by atoms with Gasteiger partial charge in [-0.05, 0) is 18.1 Å². The molecular formula is C17H14N2O4. The van der Waals surface area contributed by atoms with Crippen molar-refractivity contribution in [3.63, 3.8) is 0 Å². The first-order valence-corrected chi connectivity index (χ1v) is 7.06. The van der Waals surface area contributed by atoms with Crippen LogP contribution in [0.5, 0.6) is 5.75 Å². The van der Waals surface area contributed by atoms with Gasteiger partial charge in [-0.15, -0.1) is 0 Å². The summed E-state index contributed by atoms with van der Waals surface area (Å²) in [6.07, 6.45) is 1.93. The molecule has 2 N–H and O–H groups in total. The quantitative estimate of drug-likeness (QED) is 0.769. The Balaban J connectivity index is 2.11. The van der Waals surface area contributed by atoms with Crippen LogP contribution in [0, 0.1) is 0 Å². The Hall–Kier alpha value is -3.15. The molecule has 3 aromatic rings. The zero-order chi connectivity index (χ0) is 16.4. The van der Waals surface area contributed by atoms with Crippen LogP contribution < -0.4 is 5.56 Å². The maximum atomic E-state index is 12.2. The average Bonchev–Trinajstić information content (AvgIpc) is 2.55. The number of carbonyl (C=O) groups is 1. The second-order valence-corrected chi connectivity index (χ2v) is 5.12. The second-order valence-electron chi connectivity index (χ2n) is 5.12. The number of fused-ring (bicyclic) bond motifs is 1. The first-order chi connectivity index (χ1) is 11.1. The molecule has 23 heavy (non-hydrogen) atoms. The highest BCUT2D eigenvalue weighted by atomic mass is 16.4. The van der Waals surface area contributed by atoms with Crippen molar-refractivity contribution >= 4 is 16.9 Å². The van der Waals surface area contributed by atoms with Crippen LogP contribution in [-0.2, 0) is 13.0 Å². The molecule has 0 spiro atoms. The summed E-state index contributed by atoms with van der Waals surface area (Å²) in [6, 6.07) is 12.5. The number of pyridine rings is 2. The number of carboxylic acid groups (broad SMARTS) is 1. The van der Waals surface area contributed by atoms with Gasteiger partial charge in [0, 0.05) is 24.2 Å². The molecule has 2 heterocycles. The molecule has 0 radical (unpaired) electrons. The van der Waals surface area contributed by atoms with Crippen molar-refractivity contribution in [2.24, 2.45) is 0 Å². The van der Waals surface area contributed by atoms with Gasteiger partial charge in [0.05, 0.1) is 5.52 Å². The summed E-state index contributed by atoms with van der Waals surface area (Å²) in [5, 5.41) is 19.8. The number of aromatic hydroxyl groups is 1. The summed E-state index contributed by atoms with van der Waals surface area (Å²) in [4.78, 5) is 27.0. The van der Waals surface area contributed by atoms with Gasteiger partial charge in [-0.25, -0.2) is 9.78 Å². The lowest BCUT2D eigenvalue weighted by molar-refractivity contribution is 0.0687. The molecule has 2 aromatic heterocycles. The van der Waals surface area contributed by atoms with E-state index in [4.69, 9.17) is 5.11 Å².